The van der Waals surface area contributed by atoms with Gasteiger partial charge in [0, 0.05) is 6.04 Å². The molecule has 0 N–H and O–H groups in total. The monoisotopic (exact) mass is 417 g/mol. The van der Waals surface area contributed by atoms with Crippen LogP contribution in [0.2, 0.25) is 0 Å². The maximum atomic E-state index is 14.6. The van der Waals surface area contributed by atoms with Crippen LogP contribution in [0.1, 0.15) is 36.8 Å². The molecule has 1 fully saturated rings. The zero-order valence-electron chi connectivity index (χ0n) is 16.3. The molecule has 2 unspecified atom stereocenters. The number of piperidine rings is 1. The molecular formula is C23H22F3NO3. The van der Waals surface area contributed by atoms with Gasteiger partial charge < -0.3 is 9.47 Å². The van der Waals surface area contributed by atoms with Crippen molar-refractivity contribution < 1.29 is 27.4 Å². The number of halogens is 3. The minimum Gasteiger partial charge on any atom is -0.445 e. The number of rotatable bonds is 5. The first-order valence-electron chi connectivity index (χ1n) is 9.96. The molecule has 2 aromatic carbocycles. The van der Waals surface area contributed by atoms with E-state index in [2.05, 4.69) is 4.74 Å². The second-order valence-electron chi connectivity index (χ2n) is 7.49. The van der Waals surface area contributed by atoms with Gasteiger partial charge in [-0.25, -0.2) is 9.18 Å². The second kappa shape index (κ2) is 8.81. The van der Waals surface area contributed by atoms with Gasteiger partial charge in [0.25, 0.3) is 0 Å². The number of ether oxygens (including phenoxy) is 2. The standard InChI is InChI=1S/C23H22F3NO3/c24-19-10-5-11-20(30-22(25)26)21(19)16-12-17-8-4-9-18(13-16)27(17)23(28)29-14-15-6-2-1-3-7-15/h1-3,5-7,10-12,17-18,22H,4,8-9,13-14H2. The Morgan fingerprint density at radius 1 is 1.10 bits per heavy atom. The molecule has 2 bridgehead atoms. The van der Waals surface area contributed by atoms with Crippen molar-refractivity contribution in [2.24, 2.45) is 0 Å². The number of hydrogen-bond donors (Lipinski definition) is 0. The summed E-state index contributed by atoms with van der Waals surface area (Å²) in [6, 6.07) is 12.9. The highest BCUT2D eigenvalue weighted by Gasteiger charge is 2.39. The molecule has 2 aromatic rings. The molecule has 7 heteroatoms. The molecule has 2 aliphatic heterocycles. The SMILES string of the molecule is O=C(OCc1ccccc1)N1C2C=C(c3c(F)cccc3OC(F)F)CC1CCC2. The van der Waals surface area contributed by atoms with Crippen molar-refractivity contribution in [3.8, 4) is 5.75 Å². The maximum absolute atomic E-state index is 14.6. The van der Waals surface area contributed by atoms with Crippen molar-refractivity contribution in [2.45, 2.75) is 51.0 Å². The molecule has 1 saturated heterocycles. The summed E-state index contributed by atoms with van der Waals surface area (Å²) in [5.74, 6) is -0.799. The van der Waals surface area contributed by atoms with Gasteiger partial charge in [0.15, 0.2) is 0 Å². The largest absolute Gasteiger partial charge is 0.445 e. The molecule has 4 nitrogen and oxygen atoms in total. The number of benzene rings is 2. The summed E-state index contributed by atoms with van der Waals surface area (Å²) in [6.45, 7) is -2.87. The van der Waals surface area contributed by atoms with Gasteiger partial charge in [0.2, 0.25) is 0 Å². The lowest BCUT2D eigenvalue weighted by Crippen LogP contribution is -2.51. The first-order chi connectivity index (χ1) is 14.5. The number of hydrogen-bond acceptors (Lipinski definition) is 3. The molecule has 2 atom stereocenters. The zero-order valence-corrected chi connectivity index (χ0v) is 16.3. The van der Waals surface area contributed by atoms with Crippen LogP contribution in [0.15, 0.2) is 54.6 Å². The van der Waals surface area contributed by atoms with Crippen LogP contribution in [0.4, 0.5) is 18.0 Å². The van der Waals surface area contributed by atoms with Crippen molar-refractivity contribution in [1.29, 1.82) is 0 Å². The summed E-state index contributed by atoms with van der Waals surface area (Å²) in [4.78, 5) is 14.5. The number of carbonyl (C=O) groups excluding carboxylic acids is 1. The van der Waals surface area contributed by atoms with E-state index in [4.69, 9.17) is 4.74 Å². The summed E-state index contributed by atoms with van der Waals surface area (Å²) in [5, 5.41) is 0. The first-order valence-corrected chi connectivity index (χ1v) is 9.96. The lowest BCUT2D eigenvalue weighted by Gasteiger charge is -2.44. The normalized spacial score (nSPS) is 20.7. The molecule has 0 spiro atoms. The van der Waals surface area contributed by atoms with E-state index < -0.39 is 18.5 Å². The van der Waals surface area contributed by atoms with Gasteiger partial charge in [0.1, 0.15) is 18.2 Å². The average molecular weight is 417 g/mol. The summed E-state index contributed by atoms with van der Waals surface area (Å²) in [6.07, 6.45) is 4.11. The van der Waals surface area contributed by atoms with Crippen molar-refractivity contribution in [2.75, 3.05) is 0 Å². The highest BCUT2D eigenvalue weighted by atomic mass is 19.3. The maximum Gasteiger partial charge on any atom is 0.410 e. The van der Waals surface area contributed by atoms with E-state index in [9.17, 15) is 18.0 Å². The minimum atomic E-state index is -3.04. The summed E-state index contributed by atoms with van der Waals surface area (Å²) in [7, 11) is 0. The minimum absolute atomic E-state index is 0.0482. The van der Waals surface area contributed by atoms with Crippen LogP contribution in [0, 0.1) is 5.82 Å². The predicted octanol–water partition coefficient (Wildman–Crippen LogP) is 5.77. The third-order valence-electron chi connectivity index (χ3n) is 5.57. The van der Waals surface area contributed by atoms with E-state index in [1.54, 1.807) is 11.0 Å². The molecule has 0 aromatic heterocycles. The highest BCUT2D eigenvalue weighted by Crippen LogP contribution is 2.41. The zero-order chi connectivity index (χ0) is 21.1. The molecule has 158 valence electrons. The Balaban J connectivity index is 1.56. The van der Waals surface area contributed by atoms with E-state index >= 15 is 0 Å². The Hall–Kier alpha value is -2.96. The fourth-order valence-electron chi connectivity index (χ4n) is 4.30. The molecular weight excluding hydrogens is 395 g/mol. The topological polar surface area (TPSA) is 38.8 Å². The van der Waals surface area contributed by atoms with Crippen molar-refractivity contribution in [3.05, 3.63) is 71.6 Å². The molecule has 0 aliphatic carbocycles. The first kappa shape index (κ1) is 20.3. The third-order valence-corrected chi connectivity index (χ3v) is 5.57. The van der Waals surface area contributed by atoms with E-state index in [1.165, 1.54) is 18.2 Å². The summed E-state index contributed by atoms with van der Waals surface area (Å²) < 4.78 is 50.2. The molecule has 0 saturated carbocycles. The molecule has 0 radical (unpaired) electrons. The smallest absolute Gasteiger partial charge is 0.410 e. The fourth-order valence-corrected chi connectivity index (χ4v) is 4.30. The van der Waals surface area contributed by atoms with Gasteiger partial charge in [-0.1, -0.05) is 42.5 Å². The summed E-state index contributed by atoms with van der Waals surface area (Å²) >= 11 is 0. The third kappa shape index (κ3) is 4.30. The van der Waals surface area contributed by atoms with Gasteiger partial charge >= 0.3 is 12.7 Å². The average Bonchev–Trinajstić information content (AvgIpc) is 2.71. The van der Waals surface area contributed by atoms with Crippen LogP contribution in [-0.4, -0.2) is 29.7 Å². The quantitative estimate of drug-likeness (QED) is 0.620. The van der Waals surface area contributed by atoms with Crippen LogP contribution >= 0.6 is 0 Å². The van der Waals surface area contributed by atoms with E-state index in [1.807, 2.05) is 30.3 Å². The van der Waals surface area contributed by atoms with Gasteiger partial charge in [-0.3, -0.25) is 4.90 Å². The number of carbonyl (C=O) groups is 1. The van der Waals surface area contributed by atoms with Crippen LogP contribution < -0.4 is 4.74 Å². The van der Waals surface area contributed by atoms with E-state index in [-0.39, 0.29) is 30.0 Å². The Morgan fingerprint density at radius 3 is 2.63 bits per heavy atom. The lowest BCUT2D eigenvalue weighted by molar-refractivity contribution is -0.0502. The number of nitrogens with zero attached hydrogens (tertiary/aromatic N) is 1. The van der Waals surface area contributed by atoms with Gasteiger partial charge in [-0.2, -0.15) is 8.78 Å². The van der Waals surface area contributed by atoms with Crippen molar-refractivity contribution >= 4 is 11.7 Å². The Morgan fingerprint density at radius 2 is 1.90 bits per heavy atom. The predicted molar refractivity (Wildman–Crippen MR) is 106 cm³/mol. The van der Waals surface area contributed by atoms with Crippen molar-refractivity contribution in [1.82, 2.24) is 4.90 Å². The number of alkyl halides is 2. The summed E-state index contributed by atoms with van der Waals surface area (Å²) in [5.41, 5.74) is 1.53. The van der Waals surface area contributed by atoms with Crippen LogP contribution in [0.3, 0.4) is 0 Å². The van der Waals surface area contributed by atoms with Gasteiger partial charge in [-0.05, 0) is 49.0 Å². The van der Waals surface area contributed by atoms with E-state index in [0.29, 0.717) is 18.4 Å². The Bertz CT molecular complexity index is 933. The van der Waals surface area contributed by atoms with Crippen LogP contribution in [0.25, 0.3) is 5.57 Å². The second-order valence-corrected chi connectivity index (χ2v) is 7.49. The highest BCUT2D eigenvalue weighted by molar-refractivity contribution is 5.77. The molecule has 2 heterocycles. The van der Waals surface area contributed by atoms with Gasteiger partial charge in [0.05, 0.1) is 11.6 Å². The van der Waals surface area contributed by atoms with Crippen LogP contribution in [-0.2, 0) is 11.3 Å². The van der Waals surface area contributed by atoms with Crippen molar-refractivity contribution in [3.63, 3.8) is 0 Å². The molecule has 30 heavy (non-hydrogen) atoms. The lowest BCUT2D eigenvalue weighted by atomic mass is 9.82. The van der Waals surface area contributed by atoms with E-state index in [0.717, 1.165) is 18.4 Å². The fraction of sp³-hybridized carbons (Fsp3) is 0.348. The van der Waals surface area contributed by atoms with Crippen LogP contribution in [0.5, 0.6) is 5.75 Å². The Kier molecular flexibility index (Phi) is 5.97. The molecule has 2 aliphatic rings. The molecule has 1 amide bonds. The number of amides is 1. The number of fused-ring (bicyclic) bond motifs is 2. The Labute approximate surface area is 172 Å². The molecule has 4 rings (SSSR count). The van der Waals surface area contributed by atoms with Gasteiger partial charge in [-0.15, -0.1) is 0 Å².